The fourth-order valence-electron chi connectivity index (χ4n) is 4.75. The van der Waals surface area contributed by atoms with E-state index in [1.807, 2.05) is 25.1 Å². The molecule has 0 unspecified atom stereocenters. The highest BCUT2D eigenvalue weighted by Gasteiger charge is 2.24. The molecule has 2 amide bonds. The van der Waals surface area contributed by atoms with E-state index in [1.165, 1.54) is 0 Å². The molecule has 1 N–H and O–H groups in total. The first-order valence-corrected chi connectivity index (χ1v) is 14.1. The van der Waals surface area contributed by atoms with Crippen LogP contribution in [0.2, 0.25) is 0 Å². The number of rotatable bonds is 6. The van der Waals surface area contributed by atoms with E-state index in [4.69, 9.17) is 14.2 Å². The van der Waals surface area contributed by atoms with Gasteiger partial charge in [-0.2, -0.15) is 0 Å². The summed E-state index contributed by atoms with van der Waals surface area (Å²) in [5.41, 5.74) is 4.99. The molecule has 0 saturated heterocycles. The maximum Gasteiger partial charge on any atom is 0.411 e. The molecular formula is C33H40N4O5. The SMILES string of the molecule is CO/C1=C(\C)CN(Cc2ccc(-c3ccccn3)cc2)[C@@H](C)COc2ccc(NC(=O)OC(C)C)cc2C(=O)N(C)C1. The number of aromatic nitrogens is 1. The average Bonchev–Trinajstić information content (AvgIpc) is 2.98. The first-order valence-electron chi connectivity index (χ1n) is 14.1. The van der Waals surface area contributed by atoms with Gasteiger partial charge in [-0.1, -0.05) is 30.3 Å². The molecule has 9 heteroatoms. The van der Waals surface area contributed by atoms with Gasteiger partial charge in [-0.15, -0.1) is 0 Å². The van der Waals surface area contributed by atoms with Gasteiger partial charge in [-0.25, -0.2) is 4.79 Å². The van der Waals surface area contributed by atoms with Crippen LogP contribution in [0.5, 0.6) is 5.75 Å². The van der Waals surface area contributed by atoms with Crippen LogP contribution >= 0.6 is 0 Å². The van der Waals surface area contributed by atoms with Crippen LogP contribution in [0.25, 0.3) is 11.3 Å². The first kappa shape index (κ1) is 30.6. The number of anilines is 1. The Hall–Kier alpha value is -4.37. The normalized spacial score (nSPS) is 18.4. The van der Waals surface area contributed by atoms with Crippen LogP contribution in [0.1, 0.15) is 43.6 Å². The second kappa shape index (κ2) is 14.0. The molecule has 222 valence electrons. The Morgan fingerprint density at radius 1 is 1.12 bits per heavy atom. The quantitative estimate of drug-likeness (QED) is 0.388. The highest BCUT2D eigenvalue weighted by atomic mass is 16.6. The molecule has 0 bridgehead atoms. The standard InChI is InChI=1S/C33H40N4O5/c1-22(2)42-33(39)35-27-14-15-30-28(17-27)32(38)36(5)20-31(40-6)23(3)18-37(24(4)21-41-30)19-25-10-12-26(13-11-25)29-9-7-8-16-34-29/h7-17,22,24H,18-21H2,1-6H3,(H,35,39)/b31-23+/t24-/m0/s1. The third-order valence-corrected chi connectivity index (χ3v) is 7.09. The van der Waals surface area contributed by atoms with Crippen LogP contribution in [0.3, 0.4) is 0 Å². The van der Waals surface area contributed by atoms with Crippen molar-refractivity contribution in [3.05, 3.63) is 89.3 Å². The molecule has 0 fully saturated rings. The number of likely N-dealkylation sites (N-methyl/N-ethyl adjacent to an activating group) is 1. The highest BCUT2D eigenvalue weighted by molar-refractivity contribution is 5.99. The number of pyridine rings is 1. The van der Waals surface area contributed by atoms with Crippen LogP contribution < -0.4 is 10.1 Å². The molecule has 9 nitrogen and oxygen atoms in total. The van der Waals surface area contributed by atoms with Crippen molar-refractivity contribution in [2.75, 3.05) is 39.2 Å². The number of benzene rings is 2. The molecule has 2 aromatic carbocycles. The van der Waals surface area contributed by atoms with Gasteiger partial charge in [0.1, 0.15) is 18.1 Å². The molecule has 0 aliphatic carbocycles. The van der Waals surface area contributed by atoms with Gasteiger partial charge in [0, 0.05) is 43.6 Å². The van der Waals surface area contributed by atoms with E-state index in [1.54, 1.807) is 57.3 Å². The average molecular weight is 573 g/mol. The lowest BCUT2D eigenvalue weighted by Crippen LogP contribution is -2.39. The van der Waals surface area contributed by atoms with Gasteiger partial charge >= 0.3 is 6.09 Å². The fourth-order valence-corrected chi connectivity index (χ4v) is 4.75. The van der Waals surface area contributed by atoms with E-state index in [0.717, 1.165) is 28.2 Å². The van der Waals surface area contributed by atoms with Gasteiger partial charge in [-0.05, 0) is 69.2 Å². The van der Waals surface area contributed by atoms with Crippen LogP contribution in [0.4, 0.5) is 10.5 Å². The van der Waals surface area contributed by atoms with Crippen molar-refractivity contribution in [2.24, 2.45) is 0 Å². The number of nitrogens with zero attached hydrogens (tertiary/aromatic N) is 3. The fraction of sp³-hybridized carbons (Fsp3) is 0.364. The third kappa shape index (κ3) is 7.88. The van der Waals surface area contributed by atoms with Crippen molar-refractivity contribution in [1.82, 2.24) is 14.8 Å². The van der Waals surface area contributed by atoms with Gasteiger partial charge in [0.15, 0.2) is 0 Å². The van der Waals surface area contributed by atoms with Gasteiger partial charge < -0.3 is 19.1 Å². The van der Waals surface area contributed by atoms with E-state index in [-0.39, 0.29) is 24.6 Å². The minimum Gasteiger partial charge on any atom is -0.499 e. The number of carbonyl (C=O) groups is 2. The van der Waals surface area contributed by atoms with Crippen molar-refractivity contribution >= 4 is 17.7 Å². The Labute approximate surface area is 248 Å². The van der Waals surface area contributed by atoms with Crippen molar-refractivity contribution in [3.63, 3.8) is 0 Å². The highest BCUT2D eigenvalue weighted by Crippen LogP contribution is 2.27. The molecule has 2 heterocycles. The Morgan fingerprint density at radius 2 is 1.88 bits per heavy atom. The van der Waals surface area contributed by atoms with E-state index in [2.05, 4.69) is 46.4 Å². The Kier molecular flexibility index (Phi) is 10.2. The summed E-state index contributed by atoms with van der Waals surface area (Å²) >= 11 is 0. The maximum absolute atomic E-state index is 13.6. The first-order chi connectivity index (χ1) is 20.1. The van der Waals surface area contributed by atoms with Crippen LogP contribution in [0.15, 0.2) is 78.2 Å². The summed E-state index contributed by atoms with van der Waals surface area (Å²) in [6, 6.07) is 19.4. The van der Waals surface area contributed by atoms with Crippen LogP contribution in [-0.2, 0) is 16.0 Å². The van der Waals surface area contributed by atoms with Crippen molar-refractivity contribution in [2.45, 2.75) is 46.4 Å². The van der Waals surface area contributed by atoms with Gasteiger partial charge in [0.05, 0.1) is 31.0 Å². The summed E-state index contributed by atoms with van der Waals surface area (Å²) in [4.78, 5) is 34.1. The second-order valence-electron chi connectivity index (χ2n) is 10.8. The number of hydrogen-bond donors (Lipinski definition) is 1. The van der Waals surface area contributed by atoms with E-state index in [0.29, 0.717) is 36.7 Å². The smallest absolute Gasteiger partial charge is 0.411 e. The van der Waals surface area contributed by atoms with Gasteiger partial charge in [0.25, 0.3) is 5.91 Å². The lowest BCUT2D eigenvalue weighted by Gasteiger charge is -2.32. The molecule has 0 radical (unpaired) electrons. The third-order valence-electron chi connectivity index (χ3n) is 7.09. The van der Waals surface area contributed by atoms with Crippen LogP contribution in [0, 0.1) is 0 Å². The molecule has 42 heavy (non-hydrogen) atoms. The zero-order valence-corrected chi connectivity index (χ0v) is 25.2. The van der Waals surface area contributed by atoms with Crippen molar-refractivity contribution < 1.29 is 23.8 Å². The molecule has 3 aromatic rings. The lowest BCUT2D eigenvalue weighted by molar-refractivity contribution is 0.0770. The van der Waals surface area contributed by atoms with E-state index < -0.39 is 6.09 Å². The second-order valence-corrected chi connectivity index (χ2v) is 10.8. The summed E-state index contributed by atoms with van der Waals surface area (Å²) < 4.78 is 17.2. The maximum atomic E-state index is 13.6. The zero-order valence-electron chi connectivity index (χ0n) is 25.2. The molecular weight excluding hydrogens is 532 g/mol. The number of nitrogens with one attached hydrogen (secondary N) is 1. The molecule has 1 aliphatic heterocycles. The number of ether oxygens (including phenoxy) is 3. The molecule has 0 spiro atoms. The monoisotopic (exact) mass is 572 g/mol. The molecule has 4 rings (SSSR count). The number of amides is 2. The lowest BCUT2D eigenvalue weighted by atomic mass is 10.1. The minimum atomic E-state index is -0.586. The topological polar surface area (TPSA) is 93.2 Å². The van der Waals surface area contributed by atoms with E-state index in [9.17, 15) is 9.59 Å². The van der Waals surface area contributed by atoms with Crippen molar-refractivity contribution in [3.8, 4) is 17.0 Å². The predicted octanol–water partition coefficient (Wildman–Crippen LogP) is 5.98. The summed E-state index contributed by atoms with van der Waals surface area (Å²) in [5.74, 6) is 0.930. The summed E-state index contributed by atoms with van der Waals surface area (Å²) in [6.45, 7) is 9.67. The van der Waals surface area contributed by atoms with Crippen molar-refractivity contribution in [1.29, 1.82) is 0 Å². The van der Waals surface area contributed by atoms with Gasteiger partial charge in [0.2, 0.25) is 0 Å². The Bertz CT molecular complexity index is 1410. The van der Waals surface area contributed by atoms with E-state index >= 15 is 0 Å². The number of hydrogen-bond acceptors (Lipinski definition) is 7. The largest absolute Gasteiger partial charge is 0.499 e. The van der Waals surface area contributed by atoms with Crippen LogP contribution in [-0.4, -0.2) is 72.8 Å². The minimum absolute atomic E-state index is 0.00690. The molecule has 1 aliphatic rings. The number of fused-ring (bicyclic) bond motifs is 1. The molecule has 1 atom stereocenters. The molecule has 1 aromatic heterocycles. The summed E-state index contributed by atoms with van der Waals surface area (Å²) in [7, 11) is 3.35. The number of carbonyl (C=O) groups excluding carboxylic acids is 2. The Balaban J connectivity index is 1.60. The Morgan fingerprint density at radius 3 is 2.55 bits per heavy atom. The van der Waals surface area contributed by atoms with Gasteiger partial charge in [-0.3, -0.25) is 20.0 Å². The zero-order chi connectivity index (χ0) is 30.2. The summed E-state index contributed by atoms with van der Waals surface area (Å²) in [5, 5.41) is 2.70. The number of methoxy groups -OCH3 is 1. The molecule has 0 saturated carbocycles. The predicted molar refractivity (Wildman–Crippen MR) is 163 cm³/mol. The summed E-state index contributed by atoms with van der Waals surface area (Å²) in [6.07, 6.45) is 0.944.